The summed E-state index contributed by atoms with van der Waals surface area (Å²) in [5.74, 6) is -2.39. The van der Waals surface area contributed by atoms with Gasteiger partial charge in [0.05, 0.1) is 5.75 Å². The van der Waals surface area contributed by atoms with Crippen molar-refractivity contribution >= 4 is 17.7 Å². The Kier molecular flexibility index (Phi) is 2.83. The van der Waals surface area contributed by atoms with E-state index in [-0.39, 0.29) is 0 Å². The molecular formula is C3H3F3O2S. The minimum atomic E-state index is -4.43. The number of hydrogen-bond donors (Lipinski definition) is 1. The summed E-state index contributed by atoms with van der Waals surface area (Å²) < 4.78 is 33.3. The van der Waals surface area contributed by atoms with Crippen LogP contribution in [-0.2, 0) is 4.79 Å². The van der Waals surface area contributed by atoms with E-state index in [4.69, 9.17) is 5.11 Å². The topological polar surface area (TPSA) is 37.3 Å². The Morgan fingerprint density at radius 2 is 2.00 bits per heavy atom. The molecule has 0 aromatic rings. The zero-order valence-corrected chi connectivity index (χ0v) is 4.92. The van der Waals surface area contributed by atoms with Gasteiger partial charge in [-0.15, -0.1) is 0 Å². The van der Waals surface area contributed by atoms with Gasteiger partial charge in [0.15, 0.2) is 0 Å². The van der Waals surface area contributed by atoms with Crippen LogP contribution >= 0.6 is 11.8 Å². The second-order valence-corrected chi connectivity index (χ2v) is 2.17. The summed E-state index contributed by atoms with van der Waals surface area (Å²) in [6.45, 7) is 0. The van der Waals surface area contributed by atoms with Crippen molar-refractivity contribution in [3.05, 3.63) is 0 Å². The van der Waals surface area contributed by atoms with Crippen LogP contribution in [-0.4, -0.2) is 22.3 Å². The lowest BCUT2D eigenvalue weighted by atomic mass is 10.8. The van der Waals surface area contributed by atoms with Crippen LogP contribution in [0.3, 0.4) is 0 Å². The predicted octanol–water partition coefficient (Wildman–Crippen LogP) is 1.32. The smallest absolute Gasteiger partial charge is 0.442 e. The van der Waals surface area contributed by atoms with Crippen molar-refractivity contribution < 1.29 is 23.1 Å². The first-order chi connectivity index (χ1) is 3.92. The van der Waals surface area contributed by atoms with E-state index in [1.165, 1.54) is 0 Å². The van der Waals surface area contributed by atoms with Crippen LogP contribution in [0.15, 0.2) is 0 Å². The van der Waals surface area contributed by atoms with Gasteiger partial charge >= 0.3 is 11.5 Å². The number of halogens is 3. The highest BCUT2D eigenvalue weighted by molar-refractivity contribution is 8.00. The van der Waals surface area contributed by atoms with Gasteiger partial charge in [-0.25, -0.2) is 0 Å². The molecule has 0 heterocycles. The van der Waals surface area contributed by atoms with E-state index in [1.54, 1.807) is 0 Å². The Bertz CT molecular complexity index is 110. The summed E-state index contributed by atoms with van der Waals surface area (Å²) in [6.07, 6.45) is 0. The van der Waals surface area contributed by atoms with E-state index in [1.807, 2.05) is 0 Å². The highest BCUT2D eigenvalue weighted by Crippen LogP contribution is 2.29. The van der Waals surface area contributed by atoms with Gasteiger partial charge in [0.1, 0.15) is 0 Å². The number of carbonyl (C=O) groups is 1. The molecule has 0 aliphatic carbocycles. The van der Waals surface area contributed by atoms with Crippen LogP contribution in [0.2, 0.25) is 0 Å². The van der Waals surface area contributed by atoms with Crippen molar-refractivity contribution in [2.75, 3.05) is 5.75 Å². The molecule has 0 bridgehead atoms. The Hall–Kier alpha value is -0.390. The van der Waals surface area contributed by atoms with Gasteiger partial charge < -0.3 is 5.11 Å². The van der Waals surface area contributed by atoms with Crippen molar-refractivity contribution in [2.24, 2.45) is 0 Å². The van der Waals surface area contributed by atoms with Gasteiger partial charge in [0, 0.05) is 0 Å². The van der Waals surface area contributed by atoms with Crippen molar-refractivity contribution in [1.29, 1.82) is 0 Å². The monoisotopic (exact) mass is 160 g/mol. The Morgan fingerprint density at radius 1 is 1.56 bits per heavy atom. The van der Waals surface area contributed by atoms with Crippen LogP contribution < -0.4 is 0 Å². The first-order valence-corrected chi connectivity index (χ1v) is 2.83. The predicted molar refractivity (Wildman–Crippen MR) is 26.1 cm³/mol. The van der Waals surface area contributed by atoms with Crippen molar-refractivity contribution in [3.8, 4) is 0 Å². The van der Waals surface area contributed by atoms with Crippen LogP contribution in [0.5, 0.6) is 0 Å². The highest BCUT2D eigenvalue weighted by Gasteiger charge is 2.28. The van der Waals surface area contributed by atoms with Gasteiger partial charge in [-0.2, -0.15) is 13.2 Å². The van der Waals surface area contributed by atoms with E-state index in [0.29, 0.717) is 0 Å². The standard InChI is InChI=1S/C3H3F3O2S/c4-3(5,6)9-1-2(7)8/h1H2,(H,7,8). The molecule has 0 spiro atoms. The maximum absolute atomic E-state index is 11.1. The first kappa shape index (κ1) is 8.61. The summed E-state index contributed by atoms with van der Waals surface area (Å²) in [7, 11) is 0. The van der Waals surface area contributed by atoms with E-state index in [9.17, 15) is 18.0 Å². The fourth-order valence-corrected chi connectivity index (χ4v) is 0.431. The third-order valence-electron chi connectivity index (χ3n) is 0.359. The molecule has 0 amide bonds. The highest BCUT2D eigenvalue weighted by atomic mass is 32.2. The minimum Gasteiger partial charge on any atom is -0.481 e. The van der Waals surface area contributed by atoms with E-state index in [2.05, 4.69) is 0 Å². The molecule has 9 heavy (non-hydrogen) atoms. The SMILES string of the molecule is O=C(O)CSC(F)(F)F. The summed E-state index contributed by atoms with van der Waals surface area (Å²) in [5, 5.41) is 7.76. The molecule has 0 unspecified atom stereocenters. The minimum absolute atomic E-state index is 0.558. The lowest BCUT2D eigenvalue weighted by Crippen LogP contribution is -2.07. The number of hydrogen-bond acceptors (Lipinski definition) is 2. The van der Waals surface area contributed by atoms with Gasteiger partial charge in [0.25, 0.3) is 0 Å². The molecule has 54 valence electrons. The maximum atomic E-state index is 11.1. The molecule has 0 aliphatic rings. The maximum Gasteiger partial charge on any atom is 0.442 e. The quantitative estimate of drug-likeness (QED) is 0.662. The van der Waals surface area contributed by atoms with E-state index < -0.39 is 29.0 Å². The molecule has 0 saturated heterocycles. The molecule has 0 radical (unpaired) electrons. The van der Waals surface area contributed by atoms with Gasteiger partial charge in [-0.05, 0) is 11.8 Å². The molecule has 0 aromatic heterocycles. The molecule has 0 aromatic carbocycles. The third-order valence-corrected chi connectivity index (χ3v) is 1.08. The van der Waals surface area contributed by atoms with E-state index >= 15 is 0 Å². The fraction of sp³-hybridized carbons (Fsp3) is 0.667. The average molecular weight is 160 g/mol. The largest absolute Gasteiger partial charge is 0.481 e. The molecule has 0 aliphatic heterocycles. The second-order valence-electron chi connectivity index (χ2n) is 1.13. The van der Waals surface area contributed by atoms with Gasteiger partial charge in [-0.1, -0.05) is 0 Å². The number of carboxylic acid groups (broad SMARTS) is 1. The number of alkyl halides is 3. The van der Waals surface area contributed by atoms with Crippen molar-refractivity contribution in [1.82, 2.24) is 0 Å². The number of rotatable bonds is 2. The average Bonchev–Trinajstić information content (AvgIpc) is 1.59. The summed E-state index contributed by atoms with van der Waals surface area (Å²) in [5.41, 5.74) is -4.43. The second kappa shape index (κ2) is 2.95. The van der Waals surface area contributed by atoms with Gasteiger partial charge in [-0.3, -0.25) is 4.79 Å². The number of carboxylic acids is 1. The Balaban J connectivity index is 3.39. The number of thioether (sulfide) groups is 1. The molecule has 0 rings (SSSR count). The zero-order chi connectivity index (χ0) is 7.49. The third kappa shape index (κ3) is 7.61. The van der Waals surface area contributed by atoms with E-state index in [0.717, 1.165) is 0 Å². The molecule has 2 nitrogen and oxygen atoms in total. The summed E-state index contributed by atoms with van der Waals surface area (Å²) in [6, 6.07) is 0. The van der Waals surface area contributed by atoms with Crippen LogP contribution in [0.1, 0.15) is 0 Å². The first-order valence-electron chi connectivity index (χ1n) is 1.84. The molecule has 0 fully saturated rings. The van der Waals surface area contributed by atoms with Gasteiger partial charge in [0.2, 0.25) is 0 Å². The zero-order valence-electron chi connectivity index (χ0n) is 4.10. The van der Waals surface area contributed by atoms with Crippen LogP contribution in [0.4, 0.5) is 13.2 Å². The fourth-order valence-electron chi connectivity index (χ4n) is 0.144. The molecular weight excluding hydrogens is 157 g/mol. The van der Waals surface area contributed by atoms with Crippen molar-refractivity contribution in [2.45, 2.75) is 5.51 Å². The van der Waals surface area contributed by atoms with Crippen LogP contribution in [0.25, 0.3) is 0 Å². The molecule has 1 N–H and O–H groups in total. The Morgan fingerprint density at radius 3 is 2.11 bits per heavy atom. The van der Waals surface area contributed by atoms with Crippen LogP contribution in [0, 0.1) is 0 Å². The lowest BCUT2D eigenvalue weighted by Gasteiger charge is -2.00. The summed E-state index contributed by atoms with van der Waals surface area (Å²) in [4.78, 5) is 9.53. The summed E-state index contributed by atoms with van der Waals surface area (Å²) >= 11 is -0.558. The lowest BCUT2D eigenvalue weighted by molar-refractivity contribution is -0.134. The molecule has 0 atom stereocenters. The number of aliphatic carboxylic acids is 1. The molecule has 6 heteroatoms. The molecule has 0 saturated carbocycles. The van der Waals surface area contributed by atoms with Crippen molar-refractivity contribution in [3.63, 3.8) is 0 Å². The normalized spacial score (nSPS) is 11.4. The Labute approximate surface area is 53.0 Å².